The molecule has 2 aliphatic rings. The number of rotatable bonds is 2. The fourth-order valence-corrected chi connectivity index (χ4v) is 4.53. The second-order valence-electron chi connectivity index (χ2n) is 6.73. The van der Waals surface area contributed by atoms with Crippen LogP contribution in [0, 0.1) is 0 Å². The highest BCUT2D eigenvalue weighted by Gasteiger charge is 2.41. The van der Waals surface area contributed by atoms with Gasteiger partial charge in [0, 0.05) is 40.8 Å². The molecule has 0 amide bonds. The summed E-state index contributed by atoms with van der Waals surface area (Å²) < 4.78 is 0. The quantitative estimate of drug-likeness (QED) is 0.850. The van der Waals surface area contributed by atoms with E-state index in [1.165, 1.54) is 31.2 Å². The average Bonchev–Trinajstić information content (AvgIpc) is 2.90. The Morgan fingerprint density at radius 1 is 1.29 bits per heavy atom. The van der Waals surface area contributed by atoms with Gasteiger partial charge in [-0.15, -0.1) is 0 Å². The van der Waals surface area contributed by atoms with E-state index in [2.05, 4.69) is 30.1 Å². The lowest BCUT2D eigenvalue weighted by Gasteiger charge is -2.48. The molecule has 0 aromatic heterocycles. The number of halogens is 2. The van der Waals surface area contributed by atoms with E-state index in [0.717, 1.165) is 18.1 Å². The van der Waals surface area contributed by atoms with E-state index in [4.69, 9.17) is 23.2 Å². The highest BCUT2D eigenvalue weighted by molar-refractivity contribution is 6.35. The highest BCUT2D eigenvalue weighted by Crippen LogP contribution is 2.38. The van der Waals surface area contributed by atoms with Gasteiger partial charge in [-0.1, -0.05) is 42.1 Å². The molecule has 1 heterocycles. The van der Waals surface area contributed by atoms with Crippen molar-refractivity contribution in [1.82, 2.24) is 10.2 Å². The Kier molecular flexibility index (Phi) is 4.52. The van der Waals surface area contributed by atoms with Crippen molar-refractivity contribution in [1.29, 1.82) is 0 Å². The molecule has 2 atom stereocenters. The van der Waals surface area contributed by atoms with Gasteiger partial charge >= 0.3 is 0 Å². The summed E-state index contributed by atoms with van der Waals surface area (Å²) in [7, 11) is 0. The van der Waals surface area contributed by atoms with Crippen molar-refractivity contribution in [2.75, 3.05) is 13.1 Å². The second kappa shape index (κ2) is 6.08. The standard InChI is InChI=1S/C17H24Cl2N2/c1-12-10-20-17(7-3-4-8-17)11-21(12)13(2)15-6-5-14(18)9-16(15)19/h5-6,9,12-13,20H,3-4,7-8,10-11H2,1-2H3. The minimum Gasteiger partial charge on any atom is -0.308 e. The Hall–Kier alpha value is -0.280. The van der Waals surface area contributed by atoms with Crippen LogP contribution in [0.15, 0.2) is 18.2 Å². The van der Waals surface area contributed by atoms with E-state index in [9.17, 15) is 0 Å². The van der Waals surface area contributed by atoms with Crippen LogP contribution >= 0.6 is 23.2 Å². The molecule has 2 fully saturated rings. The van der Waals surface area contributed by atoms with Gasteiger partial charge in [-0.25, -0.2) is 0 Å². The lowest BCUT2D eigenvalue weighted by Crippen LogP contribution is -2.62. The molecule has 2 nitrogen and oxygen atoms in total. The van der Waals surface area contributed by atoms with E-state index >= 15 is 0 Å². The van der Waals surface area contributed by atoms with Crippen LogP contribution in [0.5, 0.6) is 0 Å². The van der Waals surface area contributed by atoms with Gasteiger partial charge in [0.25, 0.3) is 0 Å². The summed E-state index contributed by atoms with van der Waals surface area (Å²) >= 11 is 12.4. The summed E-state index contributed by atoms with van der Waals surface area (Å²) in [5, 5.41) is 5.29. The molecule has 1 aliphatic carbocycles. The molecule has 1 N–H and O–H groups in total. The molecule has 1 spiro atoms. The van der Waals surface area contributed by atoms with Gasteiger partial charge in [-0.3, -0.25) is 4.90 Å². The van der Waals surface area contributed by atoms with Crippen molar-refractivity contribution in [3.8, 4) is 0 Å². The Balaban J connectivity index is 1.83. The summed E-state index contributed by atoms with van der Waals surface area (Å²) in [6.45, 7) is 6.75. The topological polar surface area (TPSA) is 15.3 Å². The molecule has 2 unspecified atom stereocenters. The number of hydrogen-bond donors (Lipinski definition) is 1. The molecule has 116 valence electrons. The fraction of sp³-hybridized carbons (Fsp3) is 0.647. The maximum Gasteiger partial charge on any atom is 0.0468 e. The Bertz CT molecular complexity index is 512. The van der Waals surface area contributed by atoms with Gasteiger partial charge in [-0.2, -0.15) is 0 Å². The number of piperazine rings is 1. The lowest BCUT2D eigenvalue weighted by molar-refractivity contribution is 0.0564. The zero-order valence-corrected chi connectivity index (χ0v) is 14.3. The number of nitrogens with zero attached hydrogens (tertiary/aromatic N) is 1. The van der Waals surface area contributed by atoms with Crippen LogP contribution in [0.3, 0.4) is 0 Å². The third kappa shape index (κ3) is 3.10. The van der Waals surface area contributed by atoms with E-state index in [1.807, 2.05) is 12.1 Å². The first kappa shape index (κ1) is 15.6. The Morgan fingerprint density at radius 3 is 2.67 bits per heavy atom. The third-order valence-corrected chi connectivity index (χ3v) is 5.86. The summed E-state index contributed by atoms with van der Waals surface area (Å²) in [6, 6.07) is 6.72. The molecule has 1 aromatic carbocycles. The van der Waals surface area contributed by atoms with Gasteiger partial charge in [0.2, 0.25) is 0 Å². The van der Waals surface area contributed by atoms with Crippen molar-refractivity contribution in [2.45, 2.75) is 57.2 Å². The highest BCUT2D eigenvalue weighted by atomic mass is 35.5. The van der Waals surface area contributed by atoms with Crippen molar-refractivity contribution < 1.29 is 0 Å². The summed E-state index contributed by atoms with van der Waals surface area (Å²) in [4.78, 5) is 2.61. The third-order valence-electron chi connectivity index (χ3n) is 5.29. The van der Waals surface area contributed by atoms with Crippen LogP contribution in [0.1, 0.15) is 51.1 Å². The monoisotopic (exact) mass is 326 g/mol. The largest absolute Gasteiger partial charge is 0.308 e. The van der Waals surface area contributed by atoms with Crippen molar-refractivity contribution in [2.24, 2.45) is 0 Å². The number of hydrogen-bond acceptors (Lipinski definition) is 2. The molecule has 21 heavy (non-hydrogen) atoms. The van der Waals surface area contributed by atoms with Crippen LogP contribution in [0.2, 0.25) is 10.0 Å². The average molecular weight is 327 g/mol. The first-order valence-corrected chi connectivity index (χ1v) is 8.72. The lowest BCUT2D eigenvalue weighted by atomic mass is 9.90. The predicted molar refractivity (Wildman–Crippen MR) is 90.2 cm³/mol. The molecule has 1 saturated carbocycles. The first-order chi connectivity index (χ1) is 10.0. The van der Waals surface area contributed by atoms with Gasteiger partial charge in [0.05, 0.1) is 0 Å². The maximum absolute atomic E-state index is 6.42. The van der Waals surface area contributed by atoms with Crippen molar-refractivity contribution >= 4 is 23.2 Å². The fourth-order valence-electron chi connectivity index (χ4n) is 3.97. The molecule has 0 bridgehead atoms. The summed E-state index contributed by atoms with van der Waals surface area (Å²) in [5.41, 5.74) is 1.52. The van der Waals surface area contributed by atoms with E-state index < -0.39 is 0 Å². The Morgan fingerprint density at radius 2 is 2.00 bits per heavy atom. The van der Waals surface area contributed by atoms with E-state index in [0.29, 0.717) is 22.6 Å². The van der Waals surface area contributed by atoms with E-state index in [1.54, 1.807) is 0 Å². The first-order valence-electron chi connectivity index (χ1n) is 7.96. The van der Waals surface area contributed by atoms with Crippen LogP contribution < -0.4 is 5.32 Å². The smallest absolute Gasteiger partial charge is 0.0468 e. The predicted octanol–water partition coefficient (Wildman–Crippen LogP) is 4.66. The van der Waals surface area contributed by atoms with Crippen molar-refractivity contribution in [3.63, 3.8) is 0 Å². The summed E-state index contributed by atoms with van der Waals surface area (Å²) in [6.07, 6.45) is 5.31. The van der Waals surface area contributed by atoms with Crippen LogP contribution in [0.4, 0.5) is 0 Å². The van der Waals surface area contributed by atoms with Gasteiger partial charge in [-0.05, 0) is 44.4 Å². The molecule has 1 aliphatic heterocycles. The molecule has 1 saturated heterocycles. The SMILES string of the molecule is CC1CNC2(CCCC2)CN1C(C)c1ccc(Cl)cc1Cl. The Labute approximate surface area is 137 Å². The van der Waals surface area contributed by atoms with Gasteiger partial charge in [0.15, 0.2) is 0 Å². The number of nitrogens with one attached hydrogen (secondary N) is 1. The molecular weight excluding hydrogens is 303 g/mol. The maximum atomic E-state index is 6.42. The second-order valence-corrected chi connectivity index (χ2v) is 7.58. The molecule has 4 heteroatoms. The number of benzene rings is 1. The zero-order valence-electron chi connectivity index (χ0n) is 12.8. The molecule has 1 aromatic rings. The molecule has 0 radical (unpaired) electrons. The van der Waals surface area contributed by atoms with Crippen LogP contribution in [-0.2, 0) is 0 Å². The van der Waals surface area contributed by atoms with E-state index in [-0.39, 0.29) is 0 Å². The van der Waals surface area contributed by atoms with Gasteiger partial charge < -0.3 is 5.32 Å². The van der Waals surface area contributed by atoms with Crippen LogP contribution in [-0.4, -0.2) is 29.6 Å². The van der Waals surface area contributed by atoms with Crippen LogP contribution in [0.25, 0.3) is 0 Å². The zero-order chi connectivity index (χ0) is 15.0. The minimum atomic E-state index is 0.323. The van der Waals surface area contributed by atoms with Crippen molar-refractivity contribution in [3.05, 3.63) is 33.8 Å². The molecular formula is C17H24Cl2N2. The molecule has 3 rings (SSSR count). The van der Waals surface area contributed by atoms with Gasteiger partial charge in [0.1, 0.15) is 0 Å². The normalized spacial score (nSPS) is 27.1. The summed E-state index contributed by atoms with van der Waals surface area (Å²) in [5.74, 6) is 0. The minimum absolute atomic E-state index is 0.323.